The van der Waals surface area contributed by atoms with Gasteiger partial charge in [0.05, 0.1) is 50.8 Å². The number of nitrogens with zero attached hydrogens (tertiary/aromatic N) is 2. The average molecular weight is 1170 g/mol. The molecule has 4 unspecified atom stereocenters. The van der Waals surface area contributed by atoms with Crippen LogP contribution in [-0.4, -0.2) is 142 Å². The number of hydrogen-bond donors (Lipinski definition) is 4. The van der Waals surface area contributed by atoms with Gasteiger partial charge in [0.15, 0.2) is 10.2 Å². The number of thioether (sulfide) groups is 2. The van der Waals surface area contributed by atoms with E-state index in [-0.39, 0.29) is 10.2 Å². The topological polar surface area (TPSA) is 140 Å². The van der Waals surface area contributed by atoms with Gasteiger partial charge in [-0.25, -0.2) is 0 Å². The van der Waals surface area contributed by atoms with E-state index in [1.54, 1.807) is 0 Å². The van der Waals surface area contributed by atoms with Gasteiger partial charge in [0.25, 0.3) is 0 Å². The van der Waals surface area contributed by atoms with Gasteiger partial charge in [-0.05, 0) is 25.7 Å². The van der Waals surface area contributed by atoms with E-state index in [0.29, 0.717) is 90.0 Å². The fraction of sp³-hybridized carbons (Fsp3) is 0.971. The summed E-state index contributed by atoms with van der Waals surface area (Å²) >= 11 is 2.58. The van der Waals surface area contributed by atoms with Crippen LogP contribution in [0.2, 0.25) is 0 Å². The highest BCUT2D eigenvalue weighted by Gasteiger charge is 2.19. The first kappa shape index (κ1) is 79.7. The average Bonchev–Trinajstić information content (AvgIpc) is 3.44. The Morgan fingerprint density at radius 2 is 0.512 bits per heavy atom. The maximum atomic E-state index is 13.0. The molecule has 0 radical (unpaired) electrons. The zero-order valence-corrected chi connectivity index (χ0v) is 55.1. The van der Waals surface area contributed by atoms with Crippen molar-refractivity contribution in [3.63, 3.8) is 0 Å². The Hall–Kier alpha value is -0.280. The van der Waals surface area contributed by atoms with Crippen LogP contribution in [0.3, 0.4) is 0 Å². The van der Waals surface area contributed by atoms with Gasteiger partial charge in [-0.1, -0.05) is 308 Å². The summed E-state index contributed by atoms with van der Waals surface area (Å²) in [5.41, 5.74) is 0. The van der Waals surface area contributed by atoms with E-state index in [4.69, 9.17) is 9.47 Å². The van der Waals surface area contributed by atoms with Crippen LogP contribution in [0.4, 0.5) is 0 Å². The predicted octanol–water partition coefficient (Wildman–Crippen LogP) is 17.6. The molecule has 0 aromatic rings. The standard InChI is InChI=1S/C68H136N2O8S2/c1-5-9-13-17-21-25-29-33-37-41-45-63(71)59-69(60-64(72)46-42-38-34-30-26-22-18-14-10-6-2)51-49-67(75)79-57-55-77-53-54-78-56-58-80-68(76)50-52-70(61-65(73)47-43-39-35-31-27-23-19-15-11-7-3)62-66(74)48-44-40-36-32-28-24-20-16-12-8-4/h63-66,71-74H,5-62H2,1-4H3. The fourth-order valence-corrected chi connectivity index (χ4v) is 12.3. The minimum absolute atomic E-state index is 0.106. The largest absolute Gasteiger partial charge is 0.392 e. The maximum Gasteiger partial charge on any atom is 0.190 e. The van der Waals surface area contributed by atoms with Gasteiger partial charge >= 0.3 is 0 Å². The highest BCUT2D eigenvalue weighted by molar-refractivity contribution is 8.13. The lowest BCUT2D eigenvalue weighted by Crippen LogP contribution is -2.39. The van der Waals surface area contributed by atoms with E-state index in [1.807, 2.05) is 0 Å². The Kier molecular flexibility index (Phi) is 64.5. The maximum absolute atomic E-state index is 13.0. The normalized spacial score (nSPS) is 13.5. The van der Waals surface area contributed by atoms with Crippen LogP contribution in [0.5, 0.6) is 0 Å². The van der Waals surface area contributed by atoms with Crippen LogP contribution in [-0.2, 0) is 19.1 Å². The van der Waals surface area contributed by atoms with Gasteiger partial charge in [-0.2, -0.15) is 0 Å². The monoisotopic (exact) mass is 1170 g/mol. The Labute approximate surface area is 505 Å². The molecule has 0 aliphatic heterocycles. The third-order valence-corrected chi connectivity index (χ3v) is 17.9. The van der Waals surface area contributed by atoms with Gasteiger partial charge in [-0.3, -0.25) is 19.4 Å². The SMILES string of the molecule is CCCCCCCCCCCCC(O)CN(CCC(=O)SCCOCCOCCSC(=O)CCN(CC(O)CCCCCCCCCCCC)CC(O)CCCCCCCCCCCC)CC(O)CCCCCCCCCCCC. The summed E-state index contributed by atoms with van der Waals surface area (Å²) in [7, 11) is 0. The van der Waals surface area contributed by atoms with Gasteiger partial charge in [0.1, 0.15) is 0 Å². The Balaban J connectivity index is 4.64. The summed E-state index contributed by atoms with van der Waals surface area (Å²) in [6, 6.07) is 0. The van der Waals surface area contributed by atoms with Crippen molar-refractivity contribution in [2.75, 3.05) is 77.2 Å². The first-order valence-electron chi connectivity index (χ1n) is 34.8. The zero-order valence-electron chi connectivity index (χ0n) is 53.5. The van der Waals surface area contributed by atoms with Crippen molar-refractivity contribution in [1.82, 2.24) is 9.80 Å². The highest BCUT2D eigenvalue weighted by atomic mass is 32.2. The van der Waals surface area contributed by atoms with Gasteiger partial charge < -0.3 is 29.9 Å². The lowest BCUT2D eigenvalue weighted by Gasteiger charge is -2.27. The van der Waals surface area contributed by atoms with E-state index in [1.165, 1.54) is 229 Å². The number of unbranched alkanes of at least 4 members (excludes halogenated alkanes) is 36. The lowest BCUT2D eigenvalue weighted by molar-refractivity contribution is -0.112. The van der Waals surface area contributed by atoms with Crippen molar-refractivity contribution in [3.8, 4) is 0 Å². The summed E-state index contributed by atoms with van der Waals surface area (Å²) < 4.78 is 11.5. The molecule has 4 atom stereocenters. The van der Waals surface area contributed by atoms with Crippen LogP contribution >= 0.6 is 23.5 Å². The molecule has 0 amide bonds. The molecular formula is C68H136N2O8S2. The summed E-state index contributed by atoms with van der Waals surface area (Å²) in [6.45, 7) is 13.8. The minimum atomic E-state index is -0.453. The lowest BCUT2D eigenvalue weighted by atomic mass is 10.0. The van der Waals surface area contributed by atoms with E-state index in [2.05, 4.69) is 37.5 Å². The second kappa shape index (κ2) is 64.7. The van der Waals surface area contributed by atoms with Gasteiger partial charge in [-0.15, -0.1) is 0 Å². The quantitative estimate of drug-likeness (QED) is 0.0431. The summed E-state index contributed by atoms with van der Waals surface area (Å²) in [6.07, 6.45) is 52.7. The Bertz CT molecular complexity index is 1100. The van der Waals surface area contributed by atoms with Crippen LogP contribution in [0.1, 0.15) is 323 Å². The Morgan fingerprint density at radius 1 is 0.312 bits per heavy atom. The molecule has 0 aliphatic carbocycles. The van der Waals surface area contributed by atoms with Crippen molar-refractivity contribution >= 4 is 33.8 Å². The molecule has 478 valence electrons. The minimum Gasteiger partial charge on any atom is -0.392 e. The predicted molar refractivity (Wildman–Crippen MR) is 349 cm³/mol. The molecule has 0 heterocycles. The molecule has 0 fully saturated rings. The van der Waals surface area contributed by atoms with Crippen molar-refractivity contribution in [2.24, 2.45) is 0 Å². The molecule has 10 nitrogen and oxygen atoms in total. The molecule has 0 saturated heterocycles. The van der Waals surface area contributed by atoms with Gasteiger partial charge in [0, 0.05) is 63.6 Å². The van der Waals surface area contributed by atoms with Crippen molar-refractivity contribution in [1.29, 1.82) is 0 Å². The third kappa shape index (κ3) is 60.8. The molecule has 0 bridgehead atoms. The third-order valence-electron chi connectivity index (χ3n) is 16.1. The van der Waals surface area contributed by atoms with E-state index in [0.717, 1.165) is 77.0 Å². The van der Waals surface area contributed by atoms with Gasteiger partial charge in [0.2, 0.25) is 0 Å². The second-order valence-corrected chi connectivity index (χ2v) is 26.5. The molecule has 0 aromatic carbocycles. The number of hydrogen-bond acceptors (Lipinski definition) is 12. The van der Waals surface area contributed by atoms with E-state index < -0.39 is 24.4 Å². The first-order valence-corrected chi connectivity index (χ1v) is 36.8. The molecule has 0 spiro atoms. The number of carbonyl (C=O) groups excluding carboxylic acids is 2. The van der Waals surface area contributed by atoms with E-state index >= 15 is 0 Å². The number of ether oxygens (including phenoxy) is 2. The number of aliphatic hydroxyl groups excluding tert-OH is 4. The molecule has 0 rings (SSSR count). The molecule has 4 N–H and O–H groups in total. The molecule has 0 aliphatic rings. The molecule has 80 heavy (non-hydrogen) atoms. The first-order chi connectivity index (χ1) is 39.1. The van der Waals surface area contributed by atoms with Crippen LogP contribution < -0.4 is 0 Å². The Morgan fingerprint density at radius 3 is 0.725 bits per heavy atom. The molecule has 0 aromatic heterocycles. The number of aliphatic hydroxyl groups is 4. The van der Waals surface area contributed by atoms with Crippen LogP contribution in [0.25, 0.3) is 0 Å². The van der Waals surface area contributed by atoms with Crippen LogP contribution in [0.15, 0.2) is 0 Å². The molecular weight excluding hydrogens is 1040 g/mol. The summed E-state index contributed by atoms with van der Waals surface area (Å²) in [4.78, 5) is 30.2. The second-order valence-electron chi connectivity index (χ2n) is 24.2. The van der Waals surface area contributed by atoms with Crippen molar-refractivity contribution in [2.45, 2.75) is 347 Å². The highest BCUT2D eigenvalue weighted by Crippen LogP contribution is 2.19. The molecule has 12 heteroatoms. The molecule has 0 saturated carbocycles. The fourth-order valence-electron chi connectivity index (χ4n) is 10.9. The number of rotatable bonds is 67. The smallest absolute Gasteiger partial charge is 0.190 e. The number of carbonyl (C=O) groups is 2. The summed E-state index contributed by atoms with van der Waals surface area (Å²) in [5.74, 6) is 1.13. The van der Waals surface area contributed by atoms with Crippen molar-refractivity contribution < 1.29 is 39.5 Å². The van der Waals surface area contributed by atoms with E-state index in [9.17, 15) is 30.0 Å². The van der Waals surface area contributed by atoms with Crippen molar-refractivity contribution in [3.05, 3.63) is 0 Å². The summed E-state index contributed by atoms with van der Waals surface area (Å²) in [5, 5.41) is 44.3. The van der Waals surface area contributed by atoms with Crippen LogP contribution in [0, 0.1) is 0 Å². The zero-order chi connectivity index (χ0) is 58.5.